The van der Waals surface area contributed by atoms with E-state index in [0.717, 1.165) is 0 Å². The van der Waals surface area contributed by atoms with Crippen LogP contribution < -0.4 is 5.32 Å². The number of anilines is 1. The number of nitrogens with one attached hydrogen (secondary N) is 1. The predicted molar refractivity (Wildman–Crippen MR) is 66.9 cm³/mol. The molecule has 1 aromatic rings. The molecule has 0 radical (unpaired) electrons. The highest BCUT2D eigenvalue weighted by atomic mass is 16.6. The second-order valence-corrected chi connectivity index (χ2v) is 4.89. The number of hydrogen-bond donors (Lipinski definition) is 2. The highest BCUT2D eigenvalue weighted by Crippen LogP contribution is 2.22. The third-order valence-electron chi connectivity index (χ3n) is 2.05. The van der Waals surface area contributed by atoms with Gasteiger partial charge >= 0.3 is 6.09 Å². The number of carbonyl (C=O) groups excluding carboxylic acids is 1. The molecule has 0 heterocycles. The lowest BCUT2D eigenvalue weighted by molar-refractivity contribution is 0.0635. The Hall–Kier alpha value is -1.55. The van der Waals surface area contributed by atoms with E-state index in [0.29, 0.717) is 11.3 Å². The lowest BCUT2D eigenvalue weighted by atomic mass is 10.1. The van der Waals surface area contributed by atoms with E-state index in [4.69, 9.17) is 4.74 Å². The van der Waals surface area contributed by atoms with Crippen LogP contribution in [0.3, 0.4) is 0 Å². The molecule has 1 aromatic carbocycles. The van der Waals surface area contributed by atoms with Crippen molar-refractivity contribution in [3.05, 3.63) is 29.8 Å². The van der Waals surface area contributed by atoms with Gasteiger partial charge in [-0.25, -0.2) is 4.79 Å². The average molecular weight is 237 g/mol. The molecule has 1 rings (SSSR count). The van der Waals surface area contributed by atoms with Crippen LogP contribution in [0, 0.1) is 0 Å². The summed E-state index contributed by atoms with van der Waals surface area (Å²) in [6.45, 7) is 7.04. The van der Waals surface area contributed by atoms with Crippen LogP contribution in [0.5, 0.6) is 0 Å². The molecule has 0 unspecified atom stereocenters. The Kier molecular flexibility index (Phi) is 4.12. The first-order valence-corrected chi connectivity index (χ1v) is 5.56. The predicted octanol–water partition coefficient (Wildman–Crippen LogP) is 3.09. The summed E-state index contributed by atoms with van der Waals surface area (Å²) in [5.74, 6) is 0. The number of aliphatic hydroxyl groups is 1. The van der Waals surface area contributed by atoms with Crippen LogP contribution in [0.4, 0.5) is 10.5 Å². The van der Waals surface area contributed by atoms with E-state index in [1.54, 1.807) is 45.9 Å². The molecule has 1 atom stereocenters. The van der Waals surface area contributed by atoms with Gasteiger partial charge in [-0.05, 0) is 33.8 Å². The highest BCUT2D eigenvalue weighted by Gasteiger charge is 2.17. The van der Waals surface area contributed by atoms with E-state index in [1.165, 1.54) is 0 Å². The van der Waals surface area contributed by atoms with Crippen LogP contribution in [-0.4, -0.2) is 16.8 Å². The van der Waals surface area contributed by atoms with Crippen LogP contribution in [0.1, 0.15) is 39.4 Å². The molecular formula is C13H19NO3. The zero-order valence-electron chi connectivity index (χ0n) is 10.7. The molecule has 0 bridgehead atoms. The summed E-state index contributed by atoms with van der Waals surface area (Å²) < 4.78 is 5.14. The maximum Gasteiger partial charge on any atom is 0.412 e. The standard InChI is InChI=1S/C13H19NO3/c1-9(15)10-7-5-6-8-11(10)14-12(16)17-13(2,3)4/h5-9,15H,1-4H3,(H,14,16)/t9-/m1/s1. The molecule has 0 aliphatic carbocycles. The van der Waals surface area contributed by atoms with E-state index >= 15 is 0 Å². The van der Waals surface area contributed by atoms with Crippen molar-refractivity contribution in [1.29, 1.82) is 0 Å². The fraction of sp³-hybridized carbons (Fsp3) is 0.462. The molecule has 17 heavy (non-hydrogen) atoms. The summed E-state index contributed by atoms with van der Waals surface area (Å²) in [5.41, 5.74) is 0.694. The van der Waals surface area contributed by atoms with Crippen molar-refractivity contribution in [1.82, 2.24) is 0 Å². The third-order valence-corrected chi connectivity index (χ3v) is 2.05. The van der Waals surface area contributed by atoms with E-state index in [-0.39, 0.29) is 0 Å². The summed E-state index contributed by atoms with van der Waals surface area (Å²) in [4.78, 5) is 11.6. The lowest BCUT2D eigenvalue weighted by Gasteiger charge is -2.20. The number of aliphatic hydroxyl groups excluding tert-OH is 1. The maximum absolute atomic E-state index is 11.6. The van der Waals surface area contributed by atoms with Crippen molar-refractivity contribution in [2.45, 2.75) is 39.4 Å². The first-order chi connectivity index (χ1) is 7.79. The van der Waals surface area contributed by atoms with E-state index < -0.39 is 17.8 Å². The van der Waals surface area contributed by atoms with Crippen LogP contribution in [0.15, 0.2) is 24.3 Å². The monoisotopic (exact) mass is 237 g/mol. The Bertz CT molecular complexity index is 394. The van der Waals surface area contributed by atoms with Crippen molar-refractivity contribution < 1.29 is 14.6 Å². The van der Waals surface area contributed by atoms with Gasteiger partial charge in [-0.2, -0.15) is 0 Å². The molecule has 94 valence electrons. The zero-order valence-corrected chi connectivity index (χ0v) is 10.7. The summed E-state index contributed by atoms with van der Waals surface area (Å²) in [7, 11) is 0. The normalized spacial score (nSPS) is 13.0. The Balaban J connectivity index is 2.78. The molecule has 4 nitrogen and oxygen atoms in total. The van der Waals surface area contributed by atoms with Crippen molar-refractivity contribution in [2.24, 2.45) is 0 Å². The first-order valence-electron chi connectivity index (χ1n) is 5.56. The molecule has 0 aromatic heterocycles. The number of amides is 1. The smallest absolute Gasteiger partial charge is 0.412 e. The summed E-state index contributed by atoms with van der Waals surface area (Å²) in [6.07, 6.45) is -1.16. The largest absolute Gasteiger partial charge is 0.444 e. The molecule has 0 spiro atoms. The van der Waals surface area contributed by atoms with E-state index in [9.17, 15) is 9.90 Å². The first kappa shape index (κ1) is 13.5. The minimum atomic E-state index is -0.638. The van der Waals surface area contributed by atoms with Crippen molar-refractivity contribution >= 4 is 11.8 Å². The Labute approximate surface area is 102 Å². The number of rotatable bonds is 2. The van der Waals surface area contributed by atoms with Crippen molar-refractivity contribution in [3.63, 3.8) is 0 Å². The summed E-state index contributed by atoms with van der Waals surface area (Å²) in [6, 6.07) is 7.09. The topological polar surface area (TPSA) is 58.6 Å². The fourth-order valence-corrected chi connectivity index (χ4v) is 1.39. The van der Waals surface area contributed by atoms with Gasteiger partial charge in [0.05, 0.1) is 6.10 Å². The number of ether oxygens (including phenoxy) is 1. The zero-order chi connectivity index (χ0) is 13.1. The molecule has 4 heteroatoms. The van der Waals surface area contributed by atoms with Crippen LogP contribution in [0.2, 0.25) is 0 Å². The molecule has 0 aliphatic rings. The molecule has 0 saturated carbocycles. The number of para-hydroxylation sites is 1. The number of benzene rings is 1. The third kappa shape index (κ3) is 4.44. The quantitative estimate of drug-likeness (QED) is 0.831. The van der Waals surface area contributed by atoms with E-state index in [2.05, 4.69) is 5.32 Å². The fourth-order valence-electron chi connectivity index (χ4n) is 1.39. The molecular weight excluding hydrogens is 218 g/mol. The van der Waals surface area contributed by atoms with Crippen molar-refractivity contribution in [3.8, 4) is 0 Å². The van der Waals surface area contributed by atoms with Gasteiger partial charge in [0.15, 0.2) is 0 Å². The molecule has 2 N–H and O–H groups in total. The van der Waals surface area contributed by atoms with Gasteiger partial charge in [0.1, 0.15) is 5.60 Å². The van der Waals surface area contributed by atoms with Crippen LogP contribution >= 0.6 is 0 Å². The number of hydrogen-bond acceptors (Lipinski definition) is 3. The van der Waals surface area contributed by atoms with Crippen molar-refractivity contribution in [2.75, 3.05) is 5.32 Å². The van der Waals surface area contributed by atoms with Gasteiger partial charge in [-0.3, -0.25) is 5.32 Å². The molecule has 1 amide bonds. The number of carbonyl (C=O) groups is 1. The second kappa shape index (κ2) is 5.19. The van der Waals surface area contributed by atoms with Gasteiger partial charge < -0.3 is 9.84 Å². The minimum Gasteiger partial charge on any atom is -0.444 e. The minimum absolute atomic E-state index is 0.523. The lowest BCUT2D eigenvalue weighted by Crippen LogP contribution is -2.27. The summed E-state index contributed by atoms with van der Waals surface area (Å²) >= 11 is 0. The Morgan fingerprint density at radius 2 is 1.94 bits per heavy atom. The van der Waals surface area contributed by atoms with Crippen LogP contribution in [-0.2, 0) is 4.74 Å². The molecule has 0 fully saturated rings. The molecule has 0 aliphatic heterocycles. The second-order valence-electron chi connectivity index (χ2n) is 4.89. The highest BCUT2D eigenvalue weighted by molar-refractivity contribution is 5.86. The van der Waals surface area contributed by atoms with Gasteiger partial charge in [-0.1, -0.05) is 18.2 Å². The Morgan fingerprint density at radius 3 is 2.47 bits per heavy atom. The van der Waals surface area contributed by atoms with Crippen LogP contribution in [0.25, 0.3) is 0 Å². The van der Waals surface area contributed by atoms with E-state index in [1.807, 2.05) is 6.07 Å². The SMILES string of the molecule is C[C@@H](O)c1ccccc1NC(=O)OC(C)(C)C. The Morgan fingerprint density at radius 1 is 1.35 bits per heavy atom. The average Bonchev–Trinajstić information content (AvgIpc) is 2.14. The maximum atomic E-state index is 11.6. The van der Waals surface area contributed by atoms with Gasteiger partial charge in [0, 0.05) is 11.3 Å². The molecule has 0 saturated heterocycles. The van der Waals surface area contributed by atoms with Gasteiger partial charge in [-0.15, -0.1) is 0 Å². The summed E-state index contributed by atoms with van der Waals surface area (Å²) in [5, 5.41) is 12.2. The van der Waals surface area contributed by atoms with Gasteiger partial charge in [0.2, 0.25) is 0 Å². The van der Waals surface area contributed by atoms with Gasteiger partial charge in [0.25, 0.3) is 0 Å².